The minimum atomic E-state index is -0.739. The molecule has 1 unspecified atom stereocenters. The van der Waals surface area contributed by atoms with Crippen molar-refractivity contribution in [1.82, 2.24) is 5.32 Å². The van der Waals surface area contributed by atoms with Crippen LogP contribution in [0.2, 0.25) is 0 Å². The third-order valence-corrected chi connectivity index (χ3v) is 2.71. The van der Waals surface area contributed by atoms with Gasteiger partial charge >= 0.3 is 5.97 Å². The number of halogens is 1. The Bertz CT molecular complexity index is 445. The first-order valence-corrected chi connectivity index (χ1v) is 6.38. The molecule has 0 spiro atoms. The van der Waals surface area contributed by atoms with Gasteiger partial charge in [0.05, 0.1) is 6.61 Å². The lowest BCUT2D eigenvalue weighted by atomic mass is 10.1. The monoisotopic (exact) mass is 281 g/mol. The average Bonchev–Trinajstić information content (AvgIpc) is 2.44. The van der Waals surface area contributed by atoms with Crippen LogP contribution in [0.15, 0.2) is 42.5 Å². The van der Waals surface area contributed by atoms with Crippen molar-refractivity contribution >= 4 is 23.5 Å². The SMILES string of the molecule is CCOC(=O)/C=C/CNC(=O)C(Cl)c1ccccc1. The number of nitrogens with one attached hydrogen (secondary N) is 1. The quantitative estimate of drug-likeness (QED) is 0.494. The summed E-state index contributed by atoms with van der Waals surface area (Å²) < 4.78 is 4.70. The van der Waals surface area contributed by atoms with Gasteiger partial charge in [-0.1, -0.05) is 36.4 Å². The Morgan fingerprint density at radius 3 is 2.68 bits per heavy atom. The normalized spacial score (nSPS) is 12.1. The number of esters is 1. The van der Waals surface area contributed by atoms with Gasteiger partial charge in [0.2, 0.25) is 5.91 Å². The van der Waals surface area contributed by atoms with Gasteiger partial charge in [0.25, 0.3) is 0 Å². The molecule has 0 radical (unpaired) electrons. The zero-order chi connectivity index (χ0) is 14.1. The summed E-state index contributed by atoms with van der Waals surface area (Å²) >= 11 is 6.02. The molecule has 0 aliphatic carbocycles. The van der Waals surface area contributed by atoms with Crippen LogP contribution in [0, 0.1) is 0 Å². The molecule has 1 aromatic rings. The Balaban J connectivity index is 2.38. The number of hydrogen-bond donors (Lipinski definition) is 1. The number of amides is 1. The minimum absolute atomic E-state index is 0.230. The summed E-state index contributed by atoms with van der Waals surface area (Å²) in [6, 6.07) is 9.06. The molecule has 0 aromatic heterocycles. The first kappa shape index (κ1) is 15.2. The molecule has 5 heteroatoms. The molecule has 102 valence electrons. The predicted molar refractivity (Wildman–Crippen MR) is 73.8 cm³/mol. The number of rotatable bonds is 6. The van der Waals surface area contributed by atoms with E-state index in [0.717, 1.165) is 5.56 Å². The molecule has 1 amide bonds. The summed E-state index contributed by atoms with van der Waals surface area (Å²) in [4.78, 5) is 22.7. The highest BCUT2D eigenvalue weighted by Crippen LogP contribution is 2.19. The van der Waals surface area contributed by atoms with Crippen molar-refractivity contribution in [2.24, 2.45) is 0 Å². The van der Waals surface area contributed by atoms with E-state index >= 15 is 0 Å². The highest BCUT2D eigenvalue weighted by molar-refractivity contribution is 6.30. The standard InChI is InChI=1S/C14H16ClNO3/c1-2-19-12(17)9-6-10-16-14(18)13(15)11-7-4-3-5-8-11/h3-9,13H,2,10H2,1H3,(H,16,18)/b9-6+. The van der Waals surface area contributed by atoms with Gasteiger partial charge in [-0.15, -0.1) is 11.6 Å². The molecule has 1 N–H and O–H groups in total. The van der Waals surface area contributed by atoms with Crippen molar-refractivity contribution in [1.29, 1.82) is 0 Å². The Morgan fingerprint density at radius 2 is 2.05 bits per heavy atom. The number of alkyl halides is 1. The molecule has 0 bridgehead atoms. The summed E-state index contributed by atoms with van der Waals surface area (Å²) in [5, 5.41) is 1.87. The van der Waals surface area contributed by atoms with E-state index in [0.29, 0.717) is 6.61 Å². The summed E-state index contributed by atoms with van der Waals surface area (Å²) in [7, 11) is 0. The van der Waals surface area contributed by atoms with E-state index in [1.807, 2.05) is 18.2 Å². The van der Waals surface area contributed by atoms with Crippen molar-refractivity contribution in [3.8, 4) is 0 Å². The van der Waals surface area contributed by atoms with Crippen LogP contribution >= 0.6 is 11.6 Å². The molecule has 0 saturated carbocycles. The summed E-state index contributed by atoms with van der Waals surface area (Å²) in [5.74, 6) is -0.733. The van der Waals surface area contributed by atoms with Crippen LogP contribution in [0.1, 0.15) is 17.9 Å². The van der Waals surface area contributed by atoms with Crippen molar-refractivity contribution in [3.63, 3.8) is 0 Å². The third kappa shape index (κ3) is 5.57. The predicted octanol–water partition coefficient (Wildman–Crippen LogP) is 2.20. The molecule has 0 fully saturated rings. The van der Waals surface area contributed by atoms with Crippen LogP contribution < -0.4 is 5.32 Å². The van der Waals surface area contributed by atoms with Crippen LogP contribution in [0.25, 0.3) is 0 Å². The Hall–Kier alpha value is -1.81. The number of benzene rings is 1. The molecule has 0 aliphatic heterocycles. The number of hydrogen-bond acceptors (Lipinski definition) is 3. The lowest BCUT2D eigenvalue weighted by molar-refractivity contribution is -0.137. The van der Waals surface area contributed by atoms with Gasteiger partial charge in [-0.25, -0.2) is 4.79 Å². The van der Waals surface area contributed by atoms with Crippen LogP contribution in [0.4, 0.5) is 0 Å². The highest BCUT2D eigenvalue weighted by atomic mass is 35.5. The Kier molecular flexibility index (Phi) is 6.68. The van der Waals surface area contributed by atoms with Crippen LogP contribution in [-0.2, 0) is 14.3 Å². The van der Waals surface area contributed by atoms with Crippen LogP contribution in [0.5, 0.6) is 0 Å². The first-order valence-electron chi connectivity index (χ1n) is 5.95. The van der Waals surface area contributed by atoms with Gasteiger partial charge in [-0.05, 0) is 12.5 Å². The fourth-order valence-electron chi connectivity index (χ4n) is 1.37. The van der Waals surface area contributed by atoms with Crippen molar-refractivity contribution in [2.75, 3.05) is 13.2 Å². The molecular formula is C14H16ClNO3. The molecular weight excluding hydrogens is 266 g/mol. The van der Waals surface area contributed by atoms with E-state index in [4.69, 9.17) is 16.3 Å². The van der Waals surface area contributed by atoms with Crippen LogP contribution in [-0.4, -0.2) is 25.0 Å². The lowest BCUT2D eigenvalue weighted by Crippen LogP contribution is -2.27. The second-order valence-electron chi connectivity index (χ2n) is 3.67. The fraction of sp³-hybridized carbons (Fsp3) is 0.286. The fourth-order valence-corrected chi connectivity index (χ4v) is 1.59. The van der Waals surface area contributed by atoms with E-state index in [-0.39, 0.29) is 12.5 Å². The lowest BCUT2D eigenvalue weighted by Gasteiger charge is -2.09. The summed E-state index contributed by atoms with van der Waals surface area (Å²) in [6.07, 6.45) is 2.79. The number of ether oxygens (including phenoxy) is 1. The summed E-state index contributed by atoms with van der Waals surface area (Å²) in [5.41, 5.74) is 0.732. The van der Waals surface area contributed by atoms with Crippen molar-refractivity contribution < 1.29 is 14.3 Å². The first-order chi connectivity index (χ1) is 9.15. The van der Waals surface area contributed by atoms with Gasteiger partial charge < -0.3 is 10.1 Å². The summed E-state index contributed by atoms with van der Waals surface area (Å²) in [6.45, 7) is 2.28. The van der Waals surface area contributed by atoms with Gasteiger partial charge in [-0.3, -0.25) is 4.79 Å². The van der Waals surface area contributed by atoms with E-state index in [9.17, 15) is 9.59 Å². The van der Waals surface area contributed by atoms with Crippen molar-refractivity contribution in [3.05, 3.63) is 48.0 Å². The molecule has 4 nitrogen and oxygen atoms in total. The molecule has 0 aliphatic rings. The van der Waals surface area contributed by atoms with E-state index < -0.39 is 11.3 Å². The maximum absolute atomic E-state index is 11.7. The van der Waals surface area contributed by atoms with Gasteiger partial charge in [0, 0.05) is 12.6 Å². The second kappa shape index (κ2) is 8.32. The van der Waals surface area contributed by atoms with Gasteiger partial charge in [0.15, 0.2) is 0 Å². The highest BCUT2D eigenvalue weighted by Gasteiger charge is 2.15. The molecule has 1 aromatic carbocycles. The number of carbonyl (C=O) groups excluding carboxylic acids is 2. The Labute approximate surface area is 117 Å². The molecule has 1 rings (SSSR count). The van der Waals surface area contributed by atoms with E-state index in [1.54, 1.807) is 19.1 Å². The second-order valence-corrected chi connectivity index (χ2v) is 4.11. The smallest absolute Gasteiger partial charge is 0.330 e. The largest absolute Gasteiger partial charge is 0.463 e. The number of carbonyl (C=O) groups is 2. The molecule has 19 heavy (non-hydrogen) atoms. The van der Waals surface area contributed by atoms with Crippen molar-refractivity contribution in [2.45, 2.75) is 12.3 Å². The molecule has 0 saturated heterocycles. The van der Waals surface area contributed by atoms with Gasteiger partial charge in [-0.2, -0.15) is 0 Å². The topological polar surface area (TPSA) is 55.4 Å². The minimum Gasteiger partial charge on any atom is -0.463 e. The molecule has 1 atom stereocenters. The zero-order valence-electron chi connectivity index (χ0n) is 10.6. The molecule has 0 heterocycles. The maximum Gasteiger partial charge on any atom is 0.330 e. The third-order valence-electron chi connectivity index (χ3n) is 2.26. The maximum atomic E-state index is 11.7. The van der Waals surface area contributed by atoms with Crippen LogP contribution in [0.3, 0.4) is 0 Å². The van der Waals surface area contributed by atoms with E-state index in [1.165, 1.54) is 12.2 Å². The van der Waals surface area contributed by atoms with E-state index in [2.05, 4.69) is 5.32 Å². The Morgan fingerprint density at radius 1 is 1.37 bits per heavy atom. The zero-order valence-corrected chi connectivity index (χ0v) is 11.4. The average molecular weight is 282 g/mol. The van der Waals surface area contributed by atoms with Gasteiger partial charge in [0.1, 0.15) is 5.38 Å².